The van der Waals surface area contributed by atoms with E-state index in [0.29, 0.717) is 12.8 Å². The van der Waals surface area contributed by atoms with Crippen LogP contribution in [-0.4, -0.2) is 24.7 Å². The van der Waals surface area contributed by atoms with Crippen LogP contribution in [0.4, 0.5) is 13.2 Å². The molecule has 0 spiro atoms. The molecular weight excluding hydrogens is 209 g/mol. The molecule has 3 N–H and O–H groups in total. The minimum absolute atomic E-state index is 0.403. The summed E-state index contributed by atoms with van der Waals surface area (Å²) in [5, 5.41) is 1.96. The smallest absolute Gasteiger partial charge is 0.343 e. The quantitative estimate of drug-likeness (QED) is 0.756. The Hall–Kier alpha value is -0.780. The van der Waals surface area contributed by atoms with Crippen LogP contribution < -0.4 is 11.1 Å². The zero-order chi connectivity index (χ0) is 11.5. The molecule has 15 heavy (non-hydrogen) atoms. The largest absolute Gasteiger partial charge is 0.408 e. The first-order valence-corrected chi connectivity index (χ1v) is 5.01. The minimum Gasteiger partial charge on any atom is -0.343 e. The number of nitrogens with one attached hydrogen (secondary N) is 1. The highest BCUT2D eigenvalue weighted by Gasteiger charge is 2.45. The van der Waals surface area contributed by atoms with Crippen molar-refractivity contribution in [2.45, 2.75) is 37.9 Å². The predicted molar refractivity (Wildman–Crippen MR) is 49.0 cm³/mol. The highest BCUT2D eigenvalue weighted by Crippen LogP contribution is 2.35. The van der Waals surface area contributed by atoms with E-state index in [-0.39, 0.29) is 0 Å². The van der Waals surface area contributed by atoms with Crippen molar-refractivity contribution >= 4 is 5.91 Å². The van der Waals surface area contributed by atoms with Gasteiger partial charge in [0.1, 0.15) is 6.04 Å². The highest BCUT2D eigenvalue weighted by atomic mass is 19.4. The van der Waals surface area contributed by atoms with Gasteiger partial charge in [0.15, 0.2) is 0 Å². The number of carbonyl (C=O) groups is 1. The molecule has 0 heterocycles. The third-order valence-corrected chi connectivity index (χ3v) is 2.73. The Morgan fingerprint density at radius 2 is 1.93 bits per heavy atom. The lowest BCUT2D eigenvalue weighted by atomic mass is 9.97. The van der Waals surface area contributed by atoms with Gasteiger partial charge in [-0.3, -0.25) is 4.79 Å². The number of rotatable bonds is 3. The molecule has 88 valence electrons. The number of amides is 1. The summed E-state index contributed by atoms with van der Waals surface area (Å²) in [5.41, 5.74) is 4.98. The van der Waals surface area contributed by atoms with Crippen molar-refractivity contribution in [1.29, 1.82) is 0 Å². The van der Waals surface area contributed by atoms with Gasteiger partial charge in [-0.1, -0.05) is 12.8 Å². The third kappa shape index (κ3) is 3.37. The molecule has 1 rings (SSSR count). The molecule has 1 fully saturated rings. The molecular formula is C9H15F3N2O. The predicted octanol–water partition coefficient (Wildman–Crippen LogP) is 1.18. The van der Waals surface area contributed by atoms with Crippen molar-refractivity contribution in [3.05, 3.63) is 0 Å². The number of hydrogen-bond acceptors (Lipinski definition) is 2. The average Bonchev–Trinajstić information content (AvgIpc) is 2.64. The second kappa shape index (κ2) is 4.83. The molecule has 0 aromatic carbocycles. The molecule has 0 radical (unpaired) electrons. The molecule has 0 aromatic rings. The van der Waals surface area contributed by atoms with E-state index in [1.54, 1.807) is 0 Å². The Bertz CT molecular complexity index is 224. The van der Waals surface area contributed by atoms with Crippen LogP contribution >= 0.6 is 0 Å². The second-order valence-electron chi connectivity index (χ2n) is 3.84. The monoisotopic (exact) mass is 224 g/mol. The molecule has 0 saturated heterocycles. The SMILES string of the molecule is NCC(=O)NC(C1CCCC1)C(F)(F)F. The van der Waals surface area contributed by atoms with Crippen LogP contribution in [0.1, 0.15) is 25.7 Å². The summed E-state index contributed by atoms with van der Waals surface area (Å²) in [6, 6.07) is -1.73. The highest BCUT2D eigenvalue weighted by molar-refractivity contribution is 5.78. The van der Waals surface area contributed by atoms with Crippen molar-refractivity contribution < 1.29 is 18.0 Å². The topological polar surface area (TPSA) is 55.1 Å². The minimum atomic E-state index is -4.38. The molecule has 1 saturated carbocycles. The van der Waals surface area contributed by atoms with Gasteiger partial charge in [0.25, 0.3) is 0 Å². The van der Waals surface area contributed by atoms with Gasteiger partial charge in [0, 0.05) is 0 Å². The maximum absolute atomic E-state index is 12.6. The number of hydrogen-bond donors (Lipinski definition) is 2. The average molecular weight is 224 g/mol. The lowest BCUT2D eigenvalue weighted by Crippen LogP contribution is -2.51. The first kappa shape index (κ1) is 12.3. The Kier molecular flexibility index (Phi) is 3.96. The Morgan fingerprint density at radius 1 is 1.40 bits per heavy atom. The van der Waals surface area contributed by atoms with Gasteiger partial charge in [-0.25, -0.2) is 0 Å². The van der Waals surface area contributed by atoms with Crippen LogP contribution in [-0.2, 0) is 4.79 Å². The zero-order valence-electron chi connectivity index (χ0n) is 8.31. The maximum Gasteiger partial charge on any atom is 0.408 e. The fourth-order valence-electron chi connectivity index (χ4n) is 1.99. The van der Waals surface area contributed by atoms with Crippen LogP contribution in [0.3, 0.4) is 0 Å². The normalized spacial score (nSPS) is 20.3. The number of alkyl halides is 3. The van der Waals surface area contributed by atoms with Crippen molar-refractivity contribution in [2.24, 2.45) is 11.7 Å². The van der Waals surface area contributed by atoms with Gasteiger partial charge >= 0.3 is 6.18 Å². The second-order valence-corrected chi connectivity index (χ2v) is 3.84. The summed E-state index contributed by atoms with van der Waals surface area (Å²) >= 11 is 0. The Morgan fingerprint density at radius 3 is 2.33 bits per heavy atom. The van der Waals surface area contributed by atoms with E-state index in [1.807, 2.05) is 5.32 Å². The molecule has 0 aliphatic heterocycles. The number of nitrogens with two attached hydrogens (primary N) is 1. The van der Waals surface area contributed by atoms with Gasteiger partial charge in [-0.15, -0.1) is 0 Å². The van der Waals surface area contributed by atoms with Crippen molar-refractivity contribution in [2.75, 3.05) is 6.54 Å². The third-order valence-electron chi connectivity index (χ3n) is 2.73. The van der Waals surface area contributed by atoms with E-state index in [1.165, 1.54) is 0 Å². The lowest BCUT2D eigenvalue weighted by Gasteiger charge is -2.26. The van der Waals surface area contributed by atoms with Crippen molar-refractivity contribution in [3.8, 4) is 0 Å². The zero-order valence-corrected chi connectivity index (χ0v) is 8.31. The van der Waals surface area contributed by atoms with Crippen molar-refractivity contribution in [3.63, 3.8) is 0 Å². The van der Waals surface area contributed by atoms with E-state index in [0.717, 1.165) is 12.8 Å². The standard InChI is InChI=1S/C9H15F3N2O/c10-9(11,12)8(14-7(15)5-13)6-3-1-2-4-6/h6,8H,1-5,13H2,(H,14,15). The molecule has 0 bridgehead atoms. The molecule has 3 nitrogen and oxygen atoms in total. The first-order chi connectivity index (χ1) is 6.95. The van der Waals surface area contributed by atoms with Crippen LogP contribution in [0.15, 0.2) is 0 Å². The summed E-state index contributed by atoms with van der Waals surface area (Å²) < 4.78 is 37.8. The van der Waals surface area contributed by atoms with Crippen LogP contribution in [0.25, 0.3) is 0 Å². The van der Waals surface area contributed by atoms with Gasteiger partial charge in [-0.2, -0.15) is 13.2 Å². The van der Waals surface area contributed by atoms with Crippen molar-refractivity contribution in [1.82, 2.24) is 5.32 Å². The summed E-state index contributed by atoms with van der Waals surface area (Å²) in [4.78, 5) is 10.9. The molecule has 1 unspecified atom stereocenters. The lowest BCUT2D eigenvalue weighted by molar-refractivity contribution is -0.171. The van der Waals surface area contributed by atoms with Gasteiger partial charge in [0.2, 0.25) is 5.91 Å². The van der Waals surface area contributed by atoms with Gasteiger partial charge < -0.3 is 11.1 Å². The molecule has 1 aliphatic carbocycles. The molecule has 1 amide bonds. The van der Waals surface area contributed by atoms with E-state index in [4.69, 9.17) is 5.73 Å². The molecule has 0 aromatic heterocycles. The van der Waals surface area contributed by atoms with E-state index in [2.05, 4.69) is 0 Å². The number of halogens is 3. The van der Waals surface area contributed by atoms with Crippen LogP contribution in [0, 0.1) is 5.92 Å². The number of carbonyl (C=O) groups excluding carboxylic acids is 1. The fourth-order valence-corrected chi connectivity index (χ4v) is 1.99. The fraction of sp³-hybridized carbons (Fsp3) is 0.889. The van der Waals surface area contributed by atoms with Gasteiger partial charge in [0.05, 0.1) is 6.54 Å². The summed E-state index contributed by atoms with van der Waals surface area (Å²) in [6.07, 6.45) is -1.73. The summed E-state index contributed by atoms with van der Waals surface area (Å²) in [6.45, 7) is -0.403. The first-order valence-electron chi connectivity index (χ1n) is 5.01. The van der Waals surface area contributed by atoms with Crippen LogP contribution in [0.2, 0.25) is 0 Å². The Balaban J connectivity index is 2.64. The van der Waals surface area contributed by atoms with E-state index < -0.39 is 30.6 Å². The summed E-state index contributed by atoms with van der Waals surface area (Å²) in [7, 11) is 0. The summed E-state index contributed by atoms with van der Waals surface area (Å²) in [5.74, 6) is -1.23. The Labute approximate surface area is 86.2 Å². The molecule has 1 atom stereocenters. The van der Waals surface area contributed by atoms with Crippen LogP contribution in [0.5, 0.6) is 0 Å². The van der Waals surface area contributed by atoms with Gasteiger partial charge in [-0.05, 0) is 18.8 Å². The van der Waals surface area contributed by atoms with E-state index in [9.17, 15) is 18.0 Å². The molecule has 1 aliphatic rings. The molecule has 6 heteroatoms. The maximum atomic E-state index is 12.6. The van der Waals surface area contributed by atoms with E-state index >= 15 is 0 Å².